The molecule has 0 aromatic rings. The molecule has 0 saturated heterocycles. The van der Waals surface area contributed by atoms with Crippen LogP contribution < -0.4 is 0 Å². The van der Waals surface area contributed by atoms with Gasteiger partial charge in [0.15, 0.2) is 9.76 Å². The topological polar surface area (TPSA) is 43.4 Å². The summed E-state index contributed by atoms with van der Waals surface area (Å²) >= 11 is 0. The highest BCUT2D eigenvalue weighted by atomic mass is 28.2. The van der Waals surface area contributed by atoms with Gasteiger partial charge < -0.3 is 14.0 Å². The molecule has 0 aromatic carbocycles. The normalized spacial score (nSPS) is 9.67. The summed E-state index contributed by atoms with van der Waals surface area (Å²) in [5.41, 5.74) is 0.488. The smallest absolute Gasteiger partial charge is 0.161 e. The Hall–Kier alpha value is -0.483. The maximum atomic E-state index is 8.00. The molecular formula is C8H20O3Si. The van der Waals surface area contributed by atoms with Crippen LogP contribution in [0.3, 0.4) is 0 Å². The molecule has 0 bridgehead atoms. The minimum absolute atomic E-state index is 0.182. The minimum Gasteiger partial charge on any atom is -0.427 e. The lowest BCUT2D eigenvalue weighted by Gasteiger charge is -2.15. The average Bonchev–Trinajstić information content (AvgIpc) is 2.07. The summed E-state index contributed by atoms with van der Waals surface area (Å²) in [6.07, 6.45) is 0. The van der Waals surface area contributed by atoms with E-state index in [0.717, 1.165) is 0 Å². The fourth-order valence-electron chi connectivity index (χ4n) is 0.408. The molecule has 12 heavy (non-hydrogen) atoms. The Labute approximate surface area is 77.4 Å². The van der Waals surface area contributed by atoms with E-state index in [2.05, 4.69) is 20.8 Å². The van der Waals surface area contributed by atoms with Crippen LogP contribution in [-0.2, 0) is 14.0 Å². The summed E-state index contributed by atoms with van der Waals surface area (Å²) in [4.78, 5) is 16.0. The van der Waals surface area contributed by atoms with Gasteiger partial charge in [0.2, 0.25) is 0 Å². The Kier molecular flexibility index (Phi) is 19.2. The van der Waals surface area contributed by atoms with Crippen LogP contribution in [0.2, 0.25) is 6.04 Å². The zero-order valence-corrected chi connectivity index (χ0v) is 9.97. The largest absolute Gasteiger partial charge is 0.427 e. The molecule has 0 spiro atoms. The molecule has 0 heterocycles. The fourth-order valence-corrected chi connectivity index (χ4v) is 1.22. The van der Waals surface area contributed by atoms with E-state index in [-0.39, 0.29) is 9.76 Å². The molecule has 0 aliphatic heterocycles. The van der Waals surface area contributed by atoms with Crippen molar-refractivity contribution >= 4 is 23.3 Å². The van der Waals surface area contributed by atoms with Gasteiger partial charge >= 0.3 is 0 Å². The van der Waals surface area contributed by atoms with E-state index in [9.17, 15) is 0 Å². The molecule has 0 fully saturated rings. The third-order valence-electron chi connectivity index (χ3n) is 1.06. The highest BCUT2D eigenvalue weighted by Gasteiger charge is 2.08. The van der Waals surface area contributed by atoms with Crippen molar-refractivity contribution in [3.05, 3.63) is 0 Å². The summed E-state index contributed by atoms with van der Waals surface area (Å²) in [5, 5.41) is 0. The Morgan fingerprint density at radius 2 is 1.50 bits per heavy atom. The molecule has 74 valence electrons. The van der Waals surface area contributed by atoms with Gasteiger partial charge in [-0.15, -0.1) is 0 Å². The summed E-state index contributed by atoms with van der Waals surface area (Å²) in [6, 6.07) is 1.28. The highest BCUT2D eigenvalue weighted by Crippen LogP contribution is 2.17. The van der Waals surface area contributed by atoms with Crippen molar-refractivity contribution < 1.29 is 14.0 Å². The predicted octanol–water partition coefficient (Wildman–Crippen LogP) is 0.811. The Bertz CT molecular complexity index is 78.9. The van der Waals surface area contributed by atoms with Gasteiger partial charge in [-0.2, -0.15) is 0 Å². The predicted molar refractivity (Wildman–Crippen MR) is 54.1 cm³/mol. The van der Waals surface area contributed by atoms with Gasteiger partial charge in [0.1, 0.15) is 13.6 Å². The maximum absolute atomic E-state index is 8.00. The van der Waals surface area contributed by atoms with E-state index >= 15 is 0 Å². The molecule has 0 unspecified atom stereocenters. The van der Waals surface area contributed by atoms with Crippen LogP contribution >= 0.6 is 0 Å². The van der Waals surface area contributed by atoms with E-state index in [4.69, 9.17) is 14.0 Å². The lowest BCUT2D eigenvalue weighted by molar-refractivity contribution is -0.0987. The molecule has 0 aromatic heterocycles. The van der Waals surface area contributed by atoms with Crippen molar-refractivity contribution in [2.24, 2.45) is 5.41 Å². The first-order valence-corrected chi connectivity index (χ1v) is 5.21. The van der Waals surface area contributed by atoms with Gasteiger partial charge in [-0.1, -0.05) is 20.8 Å². The summed E-state index contributed by atoms with van der Waals surface area (Å²) in [5.74, 6) is 0. The number of hydrogen-bond acceptors (Lipinski definition) is 3. The van der Waals surface area contributed by atoms with Gasteiger partial charge in [0.05, 0.1) is 0 Å². The third-order valence-corrected chi connectivity index (χ3v) is 3.17. The van der Waals surface area contributed by atoms with E-state index < -0.39 is 0 Å². The molecule has 0 rings (SSSR count). The molecule has 0 atom stereocenters. The van der Waals surface area contributed by atoms with Gasteiger partial charge in [-0.3, -0.25) is 0 Å². The van der Waals surface area contributed by atoms with Gasteiger partial charge in [-0.05, 0) is 11.5 Å². The van der Waals surface area contributed by atoms with Crippen LogP contribution in [0.25, 0.3) is 0 Å². The maximum Gasteiger partial charge on any atom is 0.161 e. The molecule has 0 radical (unpaired) electrons. The molecule has 0 saturated carbocycles. The molecule has 3 nitrogen and oxygen atoms in total. The van der Waals surface area contributed by atoms with Crippen molar-refractivity contribution in [2.75, 3.05) is 7.11 Å². The van der Waals surface area contributed by atoms with Crippen molar-refractivity contribution in [1.29, 1.82) is 0 Å². The van der Waals surface area contributed by atoms with Gasteiger partial charge in [0.25, 0.3) is 0 Å². The van der Waals surface area contributed by atoms with Crippen LogP contribution in [0.1, 0.15) is 20.8 Å². The Morgan fingerprint density at radius 1 is 1.17 bits per heavy atom. The molecular weight excluding hydrogens is 172 g/mol. The third kappa shape index (κ3) is 33.8. The first kappa shape index (κ1) is 17.6. The second kappa shape index (κ2) is 13.1. The number of carbonyl (C=O) groups is 2. The Morgan fingerprint density at radius 3 is 1.58 bits per heavy atom. The van der Waals surface area contributed by atoms with Gasteiger partial charge in [-0.25, -0.2) is 0 Å². The summed E-state index contributed by atoms with van der Waals surface area (Å²) < 4.78 is 5.06. The van der Waals surface area contributed by atoms with E-state index in [1.807, 2.05) is 13.6 Å². The second-order valence-corrected chi connectivity index (χ2v) is 4.79. The lowest BCUT2D eigenvalue weighted by atomic mass is 10.0. The SMILES string of the molecule is C=O.C=O.CO[SiH2]CC(C)(C)C. The monoisotopic (exact) mass is 192 g/mol. The van der Waals surface area contributed by atoms with E-state index in [0.29, 0.717) is 5.41 Å². The van der Waals surface area contributed by atoms with Crippen LogP contribution in [0.15, 0.2) is 0 Å². The van der Waals surface area contributed by atoms with Crippen molar-refractivity contribution in [2.45, 2.75) is 26.8 Å². The zero-order chi connectivity index (χ0) is 10.6. The molecule has 4 heteroatoms. The second-order valence-electron chi connectivity index (χ2n) is 3.30. The quantitative estimate of drug-likeness (QED) is 0.608. The van der Waals surface area contributed by atoms with Crippen LogP contribution in [0.4, 0.5) is 0 Å². The Balaban J connectivity index is -0.000000175. The number of hydrogen-bond donors (Lipinski definition) is 0. The summed E-state index contributed by atoms with van der Waals surface area (Å²) in [6.45, 7) is 10.7. The fraction of sp³-hybridized carbons (Fsp3) is 0.750. The number of rotatable bonds is 2. The molecule has 0 N–H and O–H groups in total. The van der Waals surface area contributed by atoms with Crippen molar-refractivity contribution in [3.8, 4) is 0 Å². The van der Waals surface area contributed by atoms with Crippen LogP contribution in [0.5, 0.6) is 0 Å². The molecule has 0 amide bonds. The highest BCUT2D eigenvalue weighted by molar-refractivity contribution is 6.27. The van der Waals surface area contributed by atoms with Crippen molar-refractivity contribution in [3.63, 3.8) is 0 Å². The number of carbonyl (C=O) groups excluding carboxylic acids is 2. The zero-order valence-electron chi connectivity index (χ0n) is 8.55. The van der Waals surface area contributed by atoms with Crippen molar-refractivity contribution in [1.82, 2.24) is 0 Å². The van der Waals surface area contributed by atoms with Crippen LogP contribution in [-0.4, -0.2) is 30.5 Å². The molecule has 0 aliphatic rings. The summed E-state index contributed by atoms with van der Waals surface area (Å²) in [7, 11) is 1.62. The van der Waals surface area contributed by atoms with Crippen LogP contribution in [0, 0.1) is 5.41 Å². The van der Waals surface area contributed by atoms with E-state index in [1.165, 1.54) is 6.04 Å². The standard InChI is InChI=1S/C6H16OSi.2CH2O/c1-6(2,3)5-8-7-4;2*1-2/h5,8H2,1-4H3;2*1H2. The first-order chi connectivity index (χ1) is 5.56. The first-order valence-electron chi connectivity index (χ1n) is 3.63. The van der Waals surface area contributed by atoms with Gasteiger partial charge in [0, 0.05) is 7.11 Å². The molecule has 0 aliphatic carbocycles. The minimum atomic E-state index is -0.182. The van der Waals surface area contributed by atoms with E-state index in [1.54, 1.807) is 7.11 Å². The lowest BCUT2D eigenvalue weighted by Crippen LogP contribution is -2.09. The average molecular weight is 192 g/mol.